The van der Waals surface area contributed by atoms with Crippen LogP contribution in [0.3, 0.4) is 0 Å². The molecule has 0 spiro atoms. The lowest BCUT2D eigenvalue weighted by atomic mass is 10.1. The van der Waals surface area contributed by atoms with E-state index in [1.807, 2.05) is 0 Å². The zero-order chi connectivity index (χ0) is 13.2. The first-order chi connectivity index (χ1) is 9.26. The third kappa shape index (κ3) is 2.72. The van der Waals surface area contributed by atoms with Gasteiger partial charge in [-0.15, -0.1) is 0 Å². The number of piperazine rings is 1. The molecule has 0 aromatic heterocycles. The van der Waals surface area contributed by atoms with Crippen LogP contribution in [-0.2, 0) is 13.0 Å². The van der Waals surface area contributed by atoms with Crippen LogP contribution in [0.4, 0.5) is 0 Å². The molecule has 1 saturated heterocycles. The number of hydrogen-bond acceptors (Lipinski definition) is 3. The van der Waals surface area contributed by atoms with E-state index in [1.165, 1.54) is 24.2 Å². The fourth-order valence-electron chi connectivity index (χ4n) is 3.10. The van der Waals surface area contributed by atoms with E-state index >= 15 is 0 Å². The molecule has 0 radical (unpaired) electrons. The number of rotatable bonds is 3. The normalized spacial score (nSPS) is 20.8. The number of carbonyl (C=O) groups is 1. The van der Waals surface area contributed by atoms with Gasteiger partial charge in [0.1, 0.15) is 0 Å². The van der Waals surface area contributed by atoms with E-state index in [-0.39, 0.29) is 0 Å². The predicted molar refractivity (Wildman–Crippen MR) is 76.5 cm³/mol. The third-order valence-corrected chi connectivity index (χ3v) is 4.41. The number of hydrogen-bond donors (Lipinski definition) is 0. The molecule has 1 aliphatic heterocycles. The van der Waals surface area contributed by atoms with Crippen molar-refractivity contribution in [3.05, 3.63) is 34.9 Å². The molecule has 3 nitrogen and oxygen atoms in total. The van der Waals surface area contributed by atoms with Crippen molar-refractivity contribution in [3.63, 3.8) is 0 Å². The molecule has 1 fully saturated rings. The van der Waals surface area contributed by atoms with Gasteiger partial charge in [0.15, 0.2) is 5.78 Å². The second kappa shape index (κ2) is 5.43. The Labute approximate surface area is 115 Å². The Morgan fingerprint density at radius 3 is 2.53 bits per heavy atom. The van der Waals surface area contributed by atoms with Crippen LogP contribution >= 0.6 is 0 Å². The number of nitrogens with zero attached hydrogens (tertiary/aromatic N) is 2. The summed E-state index contributed by atoms with van der Waals surface area (Å²) in [4.78, 5) is 16.8. The van der Waals surface area contributed by atoms with E-state index in [0.29, 0.717) is 12.2 Å². The summed E-state index contributed by atoms with van der Waals surface area (Å²) in [6.45, 7) is 8.97. The maximum atomic E-state index is 11.8. The van der Waals surface area contributed by atoms with Crippen molar-refractivity contribution in [3.8, 4) is 0 Å². The first-order valence-corrected chi connectivity index (χ1v) is 7.36. The van der Waals surface area contributed by atoms with Crippen molar-refractivity contribution < 1.29 is 4.79 Å². The molecule has 102 valence electrons. The minimum absolute atomic E-state index is 0.327. The zero-order valence-electron chi connectivity index (χ0n) is 11.7. The lowest BCUT2D eigenvalue weighted by molar-refractivity contribution is 0.0994. The van der Waals surface area contributed by atoms with Gasteiger partial charge in [0.05, 0.1) is 0 Å². The maximum Gasteiger partial charge on any atom is 0.163 e. The molecule has 0 atom stereocenters. The second-order valence-electron chi connectivity index (χ2n) is 5.63. The molecule has 0 unspecified atom stereocenters. The topological polar surface area (TPSA) is 23.6 Å². The van der Waals surface area contributed by atoms with Crippen molar-refractivity contribution >= 4 is 5.78 Å². The average Bonchev–Trinajstić information content (AvgIpc) is 2.81. The molecular formula is C16H22N2O. The molecule has 0 amide bonds. The van der Waals surface area contributed by atoms with E-state index in [2.05, 4.69) is 34.9 Å². The van der Waals surface area contributed by atoms with E-state index in [1.54, 1.807) is 0 Å². The Hall–Kier alpha value is -1.19. The van der Waals surface area contributed by atoms with Crippen LogP contribution in [0.1, 0.15) is 34.8 Å². The predicted octanol–water partition coefficient (Wildman–Crippen LogP) is 1.95. The molecular weight excluding hydrogens is 236 g/mol. The van der Waals surface area contributed by atoms with Crippen LogP contribution in [0.25, 0.3) is 0 Å². The summed E-state index contributed by atoms with van der Waals surface area (Å²) < 4.78 is 0. The number of carbonyl (C=O) groups excluding carboxylic acids is 1. The summed E-state index contributed by atoms with van der Waals surface area (Å²) in [6.07, 6.45) is 1.64. The Kier molecular flexibility index (Phi) is 3.67. The van der Waals surface area contributed by atoms with Gasteiger partial charge in [-0.2, -0.15) is 0 Å². The number of aryl methyl sites for hydroxylation is 1. The SMILES string of the molecule is CCN1CCN(Cc2ccc3c(c2)C(=O)CC3)CC1. The van der Waals surface area contributed by atoms with Gasteiger partial charge in [0, 0.05) is 44.7 Å². The van der Waals surface area contributed by atoms with Crippen molar-refractivity contribution in [1.29, 1.82) is 0 Å². The largest absolute Gasteiger partial charge is 0.301 e. The lowest BCUT2D eigenvalue weighted by Gasteiger charge is -2.34. The van der Waals surface area contributed by atoms with Gasteiger partial charge in [-0.1, -0.05) is 19.1 Å². The Balaban J connectivity index is 1.65. The van der Waals surface area contributed by atoms with Gasteiger partial charge in [-0.05, 0) is 30.2 Å². The monoisotopic (exact) mass is 258 g/mol. The minimum Gasteiger partial charge on any atom is -0.301 e. The van der Waals surface area contributed by atoms with Crippen molar-refractivity contribution in [2.24, 2.45) is 0 Å². The molecule has 19 heavy (non-hydrogen) atoms. The van der Waals surface area contributed by atoms with Crippen LogP contribution in [0.15, 0.2) is 18.2 Å². The molecule has 1 heterocycles. The van der Waals surface area contributed by atoms with Gasteiger partial charge in [-0.3, -0.25) is 9.69 Å². The summed E-state index contributed by atoms with van der Waals surface area (Å²) in [5.41, 5.74) is 3.51. The Morgan fingerprint density at radius 1 is 1.05 bits per heavy atom. The highest BCUT2D eigenvalue weighted by molar-refractivity contribution is 6.00. The summed E-state index contributed by atoms with van der Waals surface area (Å²) in [6, 6.07) is 6.47. The van der Waals surface area contributed by atoms with Gasteiger partial charge in [0.2, 0.25) is 0 Å². The summed E-state index contributed by atoms with van der Waals surface area (Å²) >= 11 is 0. The highest BCUT2D eigenvalue weighted by atomic mass is 16.1. The van der Waals surface area contributed by atoms with Crippen LogP contribution < -0.4 is 0 Å². The summed E-state index contributed by atoms with van der Waals surface area (Å²) in [5, 5.41) is 0. The average molecular weight is 258 g/mol. The highest BCUT2D eigenvalue weighted by Gasteiger charge is 2.20. The maximum absolute atomic E-state index is 11.8. The lowest BCUT2D eigenvalue weighted by Crippen LogP contribution is -2.45. The number of benzene rings is 1. The van der Waals surface area contributed by atoms with E-state index in [0.717, 1.165) is 38.2 Å². The number of Topliss-reactive ketones (excluding diaryl/α,β-unsaturated/α-hetero) is 1. The van der Waals surface area contributed by atoms with Crippen LogP contribution in [0.5, 0.6) is 0 Å². The molecule has 3 heteroatoms. The fraction of sp³-hybridized carbons (Fsp3) is 0.562. The third-order valence-electron chi connectivity index (χ3n) is 4.41. The smallest absolute Gasteiger partial charge is 0.163 e. The Bertz CT molecular complexity index is 476. The molecule has 0 saturated carbocycles. The summed E-state index contributed by atoms with van der Waals surface area (Å²) in [7, 11) is 0. The van der Waals surface area contributed by atoms with Gasteiger partial charge >= 0.3 is 0 Å². The standard InChI is InChI=1S/C16H22N2O/c1-2-17-7-9-18(10-8-17)12-13-3-4-14-5-6-16(19)15(14)11-13/h3-4,11H,2,5-10,12H2,1H3. The molecule has 1 aromatic carbocycles. The highest BCUT2D eigenvalue weighted by Crippen LogP contribution is 2.23. The quantitative estimate of drug-likeness (QED) is 0.828. The molecule has 3 rings (SSSR count). The first-order valence-electron chi connectivity index (χ1n) is 7.36. The summed E-state index contributed by atoms with van der Waals surface area (Å²) in [5.74, 6) is 0.327. The van der Waals surface area contributed by atoms with E-state index in [9.17, 15) is 4.79 Å². The van der Waals surface area contributed by atoms with Crippen molar-refractivity contribution in [2.75, 3.05) is 32.7 Å². The number of likely N-dealkylation sites (N-methyl/N-ethyl adjacent to an activating group) is 1. The van der Waals surface area contributed by atoms with Gasteiger partial charge in [0.25, 0.3) is 0 Å². The zero-order valence-corrected chi connectivity index (χ0v) is 11.7. The molecule has 0 N–H and O–H groups in total. The van der Waals surface area contributed by atoms with E-state index < -0.39 is 0 Å². The molecule has 0 bridgehead atoms. The van der Waals surface area contributed by atoms with Gasteiger partial charge < -0.3 is 4.90 Å². The molecule has 1 aliphatic carbocycles. The fourth-order valence-corrected chi connectivity index (χ4v) is 3.10. The van der Waals surface area contributed by atoms with Crippen LogP contribution in [0.2, 0.25) is 0 Å². The van der Waals surface area contributed by atoms with Crippen LogP contribution in [-0.4, -0.2) is 48.3 Å². The van der Waals surface area contributed by atoms with Crippen molar-refractivity contribution in [1.82, 2.24) is 9.80 Å². The molecule has 1 aromatic rings. The Morgan fingerprint density at radius 2 is 1.79 bits per heavy atom. The number of fused-ring (bicyclic) bond motifs is 1. The van der Waals surface area contributed by atoms with Crippen molar-refractivity contribution in [2.45, 2.75) is 26.3 Å². The number of ketones is 1. The van der Waals surface area contributed by atoms with Gasteiger partial charge in [-0.25, -0.2) is 0 Å². The van der Waals surface area contributed by atoms with E-state index in [4.69, 9.17) is 0 Å². The van der Waals surface area contributed by atoms with Crippen LogP contribution in [0, 0.1) is 0 Å². The molecule has 2 aliphatic rings. The second-order valence-corrected chi connectivity index (χ2v) is 5.63. The minimum atomic E-state index is 0.327. The first kappa shape index (κ1) is 12.8.